The minimum Gasteiger partial charge on any atom is -0.379 e. The summed E-state index contributed by atoms with van der Waals surface area (Å²) < 4.78 is 13.2. The van der Waals surface area contributed by atoms with Gasteiger partial charge in [0.2, 0.25) is 0 Å². The van der Waals surface area contributed by atoms with Gasteiger partial charge in [-0.2, -0.15) is 0 Å². The summed E-state index contributed by atoms with van der Waals surface area (Å²) >= 11 is 1.55. The van der Waals surface area contributed by atoms with Gasteiger partial charge < -0.3 is 5.73 Å². The van der Waals surface area contributed by atoms with Gasteiger partial charge in [-0.3, -0.25) is 4.99 Å². The molecule has 4 rings (SSSR count). The third kappa shape index (κ3) is 3.65. The summed E-state index contributed by atoms with van der Waals surface area (Å²) in [5.41, 5.74) is 8.39. The maximum Gasteiger partial charge on any atom is 0.155 e. The van der Waals surface area contributed by atoms with Crippen LogP contribution in [0.3, 0.4) is 0 Å². The largest absolute Gasteiger partial charge is 0.379 e. The van der Waals surface area contributed by atoms with Crippen molar-refractivity contribution in [3.8, 4) is 0 Å². The fraction of sp³-hybridized carbons (Fsp3) is 0.150. The summed E-state index contributed by atoms with van der Waals surface area (Å²) in [4.78, 5) is 4.68. The Morgan fingerprint density at radius 3 is 2.48 bits per heavy atom. The minimum atomic E-state index is -0.216. The summed E-state index contributed by atoms with van der Waals surface area (Å²) in [6.07, 6.45) is 0.852. The van der Waals surface area contributed by atoms with Crippen molar-refractivity contribution in [2.75, 3.05) is 0 Å². The average molecular weight is 373 g/mol. The van der Waals surface area contributed by atoms with E-state index in [2.05, 4.69) is 35.3 Å². The number of thioether (sulfide) groups is 1. The number of rotatable bonds is 2. The fourth-order valence-corrected chi connectivity index (χ4v) is 4.30. The molecule has 2 N–H and O–H groups in total. The topological polar surface area (TPSA) is 38.4 Å². The summed E-state index contributed by atoms with van der Waals surface area (Å²) in [5, 5.41) is 3.20. The lowest BCUT2D eigenvalue weighted by atomic mass is 9.94. The molecule has 1 aliphatic rings. The Hall–Kier alpha value is -2.04. The minimum absolute atomic E-state index is 0. The molecule has 0 fully saturated rings. The maximum absolute atomic E-state index is 13.2. The molecule has 128 valence electrons. The highest BCUT2D eigenvalue weighted by molar-refractivity contribution is 8.14. The van der Waals surface area contributed by atoms with Crippen LogP contribution in [-0.4, -0.2) is 5.17 Å². The number of hydrogen-bond donors (Lipinski definition) is 1. The summed E-state index contributed by atoms with van der Waals surface area (Å²) in [5.74, 6) is -0.216. The van der Waals surface area contributed by atoms with Crippen LogP contribution in [0.25, 0.3) is 10.8 Å². The molecule has 1 heterocycles. The Balaban J connectivity index is 0.00000182. The highest BCUT2D eigenvalue weighted by Gasteiger charge is 2.26. The Bertz CT molecular complexity index is 906. The van der Waals surface area contributed by atoms with Crippen LogP contribution in [0.15, 0.2) is 71.7 Å². The predicted molar refractivity (Wildman–Crippen MR) is 107 cm³/mol. The summed E-state index contributed by atoms with van der Waals surface area (Å²) in [6.45, 7) is 0. The summed E-state index contributed by atoms with van der Waals surface area (Å²) in [7, 11) is 0. The Morgan fingerprint density at radius 2 is 1.68 bits per heavy atom. The molecule has 0 aromatic heterocycles. The van der Waals surface area contributed by atoms with Crippen LogP contribution in [0.4, 0.5) is 4.39 Å². The standard InChI is InChI=1S/C20H17FN2S.ClH/c21-15-10-8-14(9-11-15)19-12-18(23-20(22)24-19)17-7-3-5-13-4-1-2-6-16(13)17;/h1-11,18-19H,12H2,(H2,22,23);1H/t18-,19+;/m0./s1. The molecule has 3 aromatic carbocycles. The molecule has 3 aromatic rings. The van der Waals surface area contributed by atoms with Crippen LogP contribution in [0.2, 0.25) is 0 Å². The lowest BCUT2D eigenvalue weighted by molar-refractivity contribution is 0.622. The van der Waals surface area contributed by atoms with Crippen LogP contribution < -0.4 is 5.73 Å². The molecule has 5 heteroatoms. The van der Waals surface area contributed by atoms with Gasteiger partial charge >= 0.3 is 0 Å². The number of halogens is 2. The second-order valence-electron chi connectivity index (χ2n) is 5.95. The second kappa shape index (κ2) is 7.46. The predicted octanol–water partition coefficient (Wildman–Crippen LogP) is 5.63. The highest BCUT2D eigenvalue weighted by Crippen LogP contribution is 2.44. The molecule has 0 unspecified atom stereocenters. The first-order chi connectivity index (χ1) is 11.7. The van der Waals surface area contributed by atoms with Crippen molar-refractivity contribution < 1.29 is 4.39 Å². The molecule has 25 heavy (non-hydrogen) atoms. The smallest absolute Gasteiger partial charge is 0.155 e. The van der Waals surface area contributed by atoms with Gasteiger partial charge in [-0.05, 0) is 40.5 Å². The van der Waals surface area contributed by atoms with Gasteiger partial charge in [0.05, 0.1) is 6.04 Å². The first kappa shape index (κ1) is 17.8. The zero-order chi connectivity index (χ0) is 16.5. The number of amidine groups is 1. The molecule has 0 spiro atoms. The van der Waals surface area contributed by atoms with Crippen LogP contribution in [-0.2, 0) is 0 Å². The lowest BCUT2D eigenvalue weighted by Gasteiger charge is -2.27. The molecule has 0 bridgehead atoms. The zero-order valence-electron chi connectivity index (χ0n) is 13.4. The van der Waals surface area contributed by atoms with E-state index in [0.29, 0.717) is 5.17 Å². The fourth-order valence-electron chi connectivity index (χ4n) is 3.25. The van der Waals surface area contributed by atoms with Crippen molar-refractivity contribution in [1.82, 2.24) is 0 Å². The maximum atomic E-state index is 13.2. The first-order valence-corrected chi connectivity index (χ1v) is 8.82. The number of hydrogen-bond acceptors (Lipinski definition) is 3. The molecule has 2 nitrogen and oxygen atoms in total. The van der Waals surface area contributed by atoms with Crippen LogP contribution in [0, 0.1) is 5.82 Å². The summed E-state index contributed by atoms with van der Waals surface area (Å²) in [6, 6.07) is 21.3. The Kier molecular flexibility index (Phi) is 5.30. The van der Waals surface area contributed by atoms with Crippen LogP contribution in [0.1, 0.15) is 28.8 Å². The third-order valence-corrected chi connectivity index (χ3v) is 5.50. The zero-order valence-corrected chi connectivity index (χ0v) is 15.1. The van der Waals surface area contributed by atoms with Crippen molar-refractivity contribution >= 4 is 40.1 Å². The van der Waals surface area contributed by atoms with E-state index in [9.17, 15) is 4.39 Å². The Morgan fingerprint density at radius 1 is 0.960 bits per heavy atom. The number of nitrogens with two attached hydrogens (primary N) is 1. The highest BCUT2D eigenvalue weighted by atomic mass is 35.5. The van der Waals surface area contributed by atoms with Gasteiger partial charge in [0.25, 0.3) is 0 Å². The molecule has 2 atom stereocenters. The van der Waals surface area contributed by atoms with E-state index in [1.165, 1.54) is 28.5 Å². The monoisotopic (exact) mass is 372 g/mol. The lowest BCUT2D eigenvalue weighted by Crippen LogP contribution is -2.18. The average Bonchev–Trinajstić information content (AvgIpc) is 2.61. The van der Waals surface area contributed by atoms with Crippen LogP contribution >= 0.6 is 24.2 Å². The van der Waals surface area contributed by atoms with Gasteiger partial charge in [0, 0.05) is 5.25 Å². The Labute approximate surface area is 156 Å². The second-order valence-corrected chi connectivity index (χ2v) is 7.17. The van der Waals surface area contributed by atoms with E-state index in [1.54, 1.807) is 11.8 Å². The van der Waals surface area contributed by atoms with E-state index in [4.69, 9.17) is 5.73 Å². The molecule has 0 saturated heterocycles. The van der Waals surface area contributed by atoms with Gasteiger partial charge in [-0.1, -0.05) is 66.4 Å². The van der Waals surface area contributed by atoms with E-state index >= 15 is 0 Å². The molecular weight excluding hydrogens is 355 g/mol. The SMILES string of the molecule is Cl.NC1=N[C@H](c2cccc3ccccc23)C[C@H](c2ccc(F)cc2)S1. The van der Waals surface area contributed by atoms with Crippen molar-refractivity contribution in [3.63, 3.8) is 0 Å². The van der Waals surface area contributed by atoms with Crippen molar-refractivity contribution in [1.29, 1.82) is 0 Å². The van der Waals surface area contributed by atoms with E-state index in [1.807, 2.05) is 24.3 Å². The van der Waals surface area contributed by atoms with Crippen molar-refractivity contribution in [2.24, 2.45) is 10.7 Å². The van der Waals surface area contributed by atoms with Crippen LogP contribution in [0.5, 0.6) is 0 Å². The molecule has 1 aliphatic heterocycles. The molecule has 0 amide bonds. The molecule has 0 aliphatic carbocycles. The quantitative estimate of drug-likeness (QED) is 0.632. The number of benzene rings is 3. The van der Waals surface area contributed by atoms with E-state index < -0.39 is 0 Å². The van der Waals surface area contributed by atoms with E-state index in [-0.39, 0.29) is 29.5 Å². The van der Waals surface area contributed by atoms with Crippen molar-refractivity contribution in [3.05, 3.63) is 83.7 Å². The number of fused-ring (bicyclic) bond motifs is 1. The van der Waals surface area contributed by atoms with Gasteiger partial charge in [-0.25, -0.2) is 4.39 Å². The number of nitrogens with zero attached hydrogens (tertiary/aromatic N) is 1. The van der Waals surface area contributed by atoms with Gasteiger partial charge in [0.1, 0.15) is 5.82 Å². The molecule has 0 radical (unpaired) electrons. The van der Waals surface area contributed by atoms with Gasteiger partial charge in [-0.15, -0.1) is 12.4 Å². The number of aliphatic imine (C=N–C) groups is 1. The molecular formula is C20H18ClFN2S. The first-order valence-electron chi connectivity index (χ1n) is 7.94. The van der Waals surface area contributed by atoms with Gasteiger partial charge in [0.15, 0.2) is 5.17 Å². The van der Waals surface area contributed by atoms with E-state index in [0.717, 1.165) is 12.0 Å². The molecule has 0 saturated carbocycles. The van der Waals surface area contributed by atoms with Crippen molar-refractivity contribution in [2.45, 2.75) is 17.7 Å². The third-order valence-electron chi connectivity index (χ3n) is 4.41. The normalized spacial score (nSPS) is 20.0.